The van der Waals surface area contributed by atoms with Gasteiger partial charge < -0.3 is 0 Å². The number of hydrogen-bond acceptors (Lipinski definition) is 2. The van der Waals surface area contributed by atoms with Crippen LogP contribution in [0.25, 0.3) is 5.69 Å². The van der Waals surface area contributed by atoms with Crippen LogP contribution in [-0.4, -0.2) is 15.6 Å². The molecule has 0 atom stereocenters. The van der Waals surface area contributed by atoms with Gasteiger partial charge in [-0.1, -0.05) is 11.6 Å². The van der Waals surface area contributed by atoms with Crippen LogP contribution in [0.3, 0.4) is 0 Å². The first-order chi connectivity index (χ1) is 7.99. The fourth-order valence-electron chi connectivity index (χ4n) is 1.47. The lowest BCUT2D eigenvalue weighted by atomic mass is 10.1. The molecule has 3 nitrogen and oxygen atoms in total. The number of nitrogens with zero attached hydrogens (tertiary/aromatic N) is 2. The van der Waals surface area contributed by atoms with Gasteiger partial charge in [0.15, 0.2) is 5.78 Å². The Morgan fingerprint density at radius 3 is 2.65 bits per heavy atom. The lowest BCUT2D eigenvalue weighted by molar-refractivity contribution is 0.101. The van der Waals surface area contributed by atoms with Crippen LogP contribution in [-0.2, 0) is 0 Å². The van der Waals surface area contributed by atoms with Crippen LogP contribution in [0.2, 0.25) is 5.02 Å². The van der Waals surface area contributed by atoms with Crippen molar-refractivity contribution in [2.45, 2.75) is 13.8 Å². The molecule has 1 aromatic heterocycles. The summed E-state index contributed by atoms with van der Waals surface area (Å²) in [5, 5.41) is 4.90. The molecule has 5 heteroatoms. The quantitative estimate of drug-likeness (QED) is 0.790. The van der Waals surface area contributed by atoms with Crippen LogP contribution < -0.4 is 0 Å². The second kappa shape index (κ2) is 4.63. The molecule has 2 aromatic rings. The summed E-state index contributed by atoms with van der Waals surface area (Å²) in [5.74, 6) is 0.0342. The molecule has 1 aromatic carbocycles. The minimum atomic E-state index is 0.0342. The molecule has 0 spiro atoms. The van der Waals surface area contributed by atoms with Crippen molar-refractivity contribution in [3.8, 4) is 5.69 Å². The Kier molecular flexibility index (Phi) is 3.35. The lowest BCUT2D eigenvalue weighted by Gasteiger charge is -2.05. The van der Waals surface area contributed by atoms with Crippen LogP contribution in [0.4, 0.5) is 0 Å². The van der Waals surface area contributed by atoms with Gasteiger partial charge >= 0.3 is 0 Å². The fraction of sp³-hybridized carbons (Fsp3) is 0.167. The van der Waals surface area contributed by atoms with Crippen molar-refractivity contribution in [3.63, 3.8) is 0 Å². The van der Waals surface area contributed by atoms with E-state index in [4.69, 9.17) is 11.6 Å². The third kappa shape index (κ3) is 2.42. The van der Waals surface area contributed by atoms with Crippen LogP contribution in [0, 0.1) is 6.92 Å². The molecule has 0 aliphatic carbocycles. The van der Waals surface area contributed by atoms with Gasteiger partial charge in [0.05, 0.1) is 16.4 Å². The molecule has 0 N–H and O–H groups in total. The molecule has 0 aliphatic rings. The van der Waals surface area contributed by atoms with E-state index in [-0.39, 0.29) is 5.78 Å². The van der Waals surface area contributed by atoms with Gasteiger partial charge in [-0.2, -0.15) is 5.10 Å². The van der Waals surface area contributed by atoms with E-state index >= 15 is 0 Å². The highest BCUT2D eigenvalue weighted by Crippen LogP contribution is 2.24. The lowest BCUT2D eigenvalue weighted by Crippen LogP contribution is -1.99. The standard InChI is InChI=1S/C12H10BrClN2O/c1-7-11(14)6-16(15-7)12-4-3-9(8(2)17)5-10(12)13/h3-6H,1-2H3. The zero-order valence-electron chi connectivity index (χ0n) is 9.37. The third-order valence-electron chi connectivity index (χ3n) is 2.44. The highest BCUT2D eigenvalue weighted by Gasteiger charge is 2.09. The van der Waals surface area contributed by atoms with Crippen LogP contribution in [0.1, 0.15) is 23.0 Å². The minimum Gasteiger partial charge on any atom is -0.295 e. The molecular weight excluding hydrogens is 304 g/mol. The summed E-state index contributed by atoms with van der Waals surface area (Å²) in [7, 11) is 0. The zero-order chi connectivity index (χ0) is 12.6. The highest BCUT2D eigenvalue weighted by atomic mass is 79.9. The molecule has 1 heterocycles. The van der Waals surface area contributed by atoms with Crippen molar-refractivity contribution in [1.29, 1.82) is 0 Å². The largest absolute Gasteiger partial charge is 0.295 e. The Morgan fingerprint density at radius 1 is 1.47 bits per heavy atom. The average molecular weight is 314 g/mol. The van der Waals surface area contributed by atoms with Gasteiger partial charge in [0.1, 0.15) is 0 Å². The number of rotatable bonds is 2. The molecule has 0 amide bonds. The third-order valence-corrected chi connectivity index (χ3v) is 3.45. The summed E-state index contributed by atoms with van der Waals surface area (Å²) < 4.78 is 2.50. The van der Waals surface area contributed by atoms with E-state index in [0.717, 1.165) is 15.9 Å². The maximum atomic E-state index is 11.2. The summed E-state index contributed by atoms with van der Waals surface area (Å²) in [6.45, 7) is 3.38. The monoisotopic (exact) mass is 312 g/mol. The number of carbonyl (C=O) groups is 1. The van der Waals surface area contributed by atoms with Crippen molar-refractivity contribution in [1.82, 2.24) is 9.78 Å². The highest BCUT2D eigenvalue weighted by molar-refractivity contribution is 9.10. The summed E-state index contributed by atoms with van der Waals surface area (Å²) in [4.78, 5) is 11.2. The molecule has 0 aliphatic heterocycles. The number of Topliss-reactive ketones (excluding diaryl/α,β-unsaturated/α-hetero) is 1. The van der Waals surface area contributed by atoms with Gasteiger partial charge in [0.25, 0.3) is 0 Å². The van der Waals surface area contributed by atoms with Crippen molar-refractivity contribution >= 4 is 33.3 Å². The molecule has 88 valence electrons. The minimum absolute atomic E-state index is 0.0342. The Bertz CT molecular complexity index is 573. The number of benzene rings is 1. The van der Waals surface area contributed by atoms with Gasteiger partial charge in [-0.15, -0.1) is 0 Å². The van der Waals surface area contributed by atoms with Crippen LogP contribution in [0.5, 0.6) is 0 Å². The summed E-state index contributed by atoms with van der Waals surface area (Å²) in [6.07, 6.45) is 1.74. The summed E-state index contributed by atoms with van der Waals surface area (Å²) in [6, 6.07) is 5.39. The van der Waals surface area contributed by atoms with Crippen molar-refractivity contribution in [2.24, 2.45) is 0 Å². The predicted octanol–water partition coefficient (Wildman–Crippen LogP) is 3.80. The second-order valence-electron chi connectivity index (χ2n) is 3.73. The van der Waals surface area contributed by atoms with E-state index in [1.807, 2.05) is 13.0 Å². The van der Waals surface area contributed by atoms with Crippen LogP contribution in [0.15, 0.2) is 28.9 Å². The first-order valence-corrected chi connectivity index (χ1v) is 6.19. The maximum absolute atomic E-state index is 11.2. The van der Waals surface area contributed by atoms with E-state index in [1.165, 1.54) is 6.92 Å². The normalized spacial score (nSPS) is 10.6. The molecule has 0 unspecified atom stereocenters. The Hall–Kier alpha value is -1.13. The number of ketones is 1. The van der Waals surface area contributed by atoms with E-state index in [2.05, 4.69) is 21.0 Å². The first-order valence-electron chi connectivity index (χ1n) is 5.01. The fourth-order valence-corrected chi connectivity index (χ4v) is 2.16. The van der Waals surface area contributed by atoms with E-state index in [9.17, 15) is 4.79 Å². The van der Waals surface area contributed by atoms with Crippen molar-refractivity contribution in [3.05, 3.63) is 45.1 Å². The molecule has 2 rings (SSSR count). The van der Waals surface area contributed by atoms with E-state index in [0.29, 0.717) is 10.6 Å². The number of halogens is 2. The van der Waals surface area contributed by atoms with Gasteiger partial charge in [-0.05, 0) is 48.0 Å². The Morgan fingerprint density at radius 2 is 2.18 bits per heavy atom. The molecular formula is C12H10BrClN2O. The Balaban J connectivity index is 2.50. The van der Waals surface area contributed by atoms with E-state index in [1.54, 1.807) is 23.0 Å². The van der Waals surface area contributed by atoms with Gasteiger partial charge in [-0.25, -0.2) is 4.68 Å². The molecule has 0 saturated heterocycles. The van der Waals surface area contributed by atoms with Crippen LogP contribution >= 0.6 is 27.5 Å². The first kappa shape index (κ1) is 12.3. The molecule has 17 heavy (non-hydrogen) atoms. The molecule has 0 saturated carbocycles. The number of aromatic nitrogens is 2. The van der Waals surface area contributed by atoms with Gasteiger partial charge in [0.2, 0.25) is 0 Å². The predicted molar refractivity (Wildman–Crippen MR) is 71.0 cm³/mol. The van der Waals surface area contributed by atoms with Crippen molar-refractivity contribution < 1.29 is 4.79 Å². The topological polar surface area (TPSA) is 34.9 Å². The number of hydrogen-bond donors (Lipinski definition) is 0. The second-order valence-corrected chi connectivity index (χ2v) is 4.99. The summed E-state index contributed by atoms with van der Waals surface area (Å²) in [5.41, 5.74) is 2.29. The molecule has 0 bridgehead atoms. The number of carbonyl (C=O) groups excluding carboxylic acids is 1. The average Bonchev–Trinajstić information content (AvgIpc) is 2.58. The number of aryl methyl sites for hydroxylation is 1. The smallest absolute Gasteiger partial charge is 0.159 e. The van der Waals surface area contributed by atoms with Crippen molar-refractivity contribution in [2.75, 3.05) is 0 Å². The summed E-state index contributed by atoms with van der Waals surface area (Å²) >= 11 is 9.39. The molecule has 0 radical (unpaired) electrons. The van der Waals surface area contributed by atoms with E-state index < -0.39 is 0 Å². The maximum Gasteiger partial charge on any atom is 0.159 e. The van der Waals surface area contributed by atoms with Gasteiger partial charge in [-0.3, -0.25) is 4.79 Å². The van der Waals surface area contributed by atoms with Gasteiger partial charge in [0, 0.05) is 16.2 Å². The molecule has 0 fully saturated rings. The zero-order valence-corrected chi connectivity index (χ0v) is 11.7. The Labute approximate surface area is 113 Å². The SMILES string of the molecule is CC(=O)c1ccc(-n2cc(Cl)c(C)n2)c(Br)c1.